The Morgan fingerprint density at radius 2 is 1.89 bits per heavy atom. The van der Waals surface area contributed by atoms with Crippen LogP contribution in [0.1, 0.15) is 12.5 Å². The average Bonchev–Trinajstić information content (AvgIpc) is 2.42. The van der Waals surface area contributed by atoms with Gasteiger partial charge in [-0.25, -0.2) is 0 Å². The van der Waals surface area contributed by atoms with Crippen molar-refractivity contribution in [3.05, 3.63) is 33.9 Å². The van der Waals surface area contributed by atoms with Crippen LogP contribution in [0.3, 0.4) is 0 Å². The fraction of sp³-hybridized carbons (Fsp3) is 0.538. The highest BCUT2D eigenvalue weighted by Crippen LogP contribution is 2.21. The molecule has 1 aliphatic heterocycles. The second-order valence-electron chi connectivity index (χ2n) is 4.85. The first kappa shape index (κ1) is 13.8. The molecular weight excluding hydrogens is 244 g/mol. The number of hydrogen-bond donors (Lipinski definition) is 1. The van der Waals surface area contributed by atoms with Gasteiger partial charge in [0, 0.05) is 50.5 Å². The first-order valence-corrected chi connectivity index (χ1v) is 6.57. The summed E-state index contributed by atoms with van der Waals surface area (Å²) in [5, 5.41) is 10.8. The highest BCUT2D eigenvalue weighted by molar-refractivity contribution is 5.52. The SMILES string of the molecule is CCN1CCN(Cc2cc([N+](=O)[O-])ccc2N)CC1. The summed E-state index contributed by atoms with van der Waals surface area (Å²) < 4.78 is 0. The van der Waals surface area contributed by atoms with Crippen LogP contribution in [0.5, 0.6) is 0 Å². The summed E-state index contributed by atoms with van der Waals surface area (Å²) >= 11 is 0. The second-order valence-corrected chi connectivity index (χ2v) is 4.85. The summed E-state index contributed by atoms with van der Waals surface area (Å²) in [4.78, 5) is 15.1. The maximum atomic E-state index is 10.8. The Kier molecular flexibility index (Phi) is 4.34. The van der Waals surface area contributed by atoms with E-state index in [4.69, 9.17) is 5.73 Å². The average molecular weight is 264 g/mol. The maximum Gasteiger partial charge on any atom is 0.269 e. The molecule has 0 amide bonds. The fourth-order valence-corrected chi connectivity index (χ4v) is 2.35. The summed E-state index contributed by atoms with van der Waals surface area (Å²) in [6.07, 6.45) is 0. The summed E-state index contributed by atoms with van der Waals surface area (Å²) in [7, 11) is 0. The lowest BCUT2D eigenvalue weighted by atomic mass is 10.1. The predicted octanol–water partition coefficient (Wildman–Crippen LogP) is 1.31. The number of rotatable bonds is 4. The zero-order valence-electron chi connectivity index (χ0n) is 11.2. The molecule has 1 aliphatic rings. The standard InChI is InChI=1S/C13H20N4O2/c1-2-15-5-7-16(8-6-15)10-11-9-12(17(18)19)3-4-13(11)14/h3-4,9H,2,5-8,10,14H2,1H3. The Morgan fingerprint density at radius 3 is 2.47 bits per heavy atom. The summed E-state index contributed by atoms with van der Waals surface area (Å²) in [5.41, 5.74) is 7.48. The Hall–Kier alpha value is -1.66. The minimum absolute atomic E-state index is 0.108. The number of nitrogens with zero attached hydrogens (tertiary/aromatic N) is 3. The molecule has 1 aromatic rings. The third-order valence-corrected chi connectivity index (χ3v) is 3.64. The van der Waals surface area contributed by atoms with E-state index in [-0.39, 0.29) is 10.6 Å². The van der Waals surface area contributed by atoms with E-state index in [1.54, 1.807) is 12.1 Å². The van der Waals surface area contributed by atoms with Crippen molar-refractivity contribution < 1.29 is 4.92 Å². The van der Waals surface area contributed by atoms with Crippen molar-refractivity contribution in [2.45, 2.75) is 13.5 Å². The number of likely N-dealkylation sites (N-methyl/N-ethyl adjacent to an activating group) is 1. The molecular formula is C13H20N4O2. The van der Waals surface area contributed by atoms with Crippen LogP contribution in [-0.4, -0.2) is 47.4 Å². The smallest absolute Gasteiger partial charge is 0.269 e. The van der Waals surface area contributed by atoms with E-state index < -0.39 is 0 Å². The molecule has 1 fully saturated rings. The monoisotopic (exact) mass is 264 g/mol. The summed E-state index contributed by atoms with van der Waals surface area (Å²) in [5.74, 6) is 0. The normalized spacial score (nSPS) is 17.5. The van der Waals surface area contributed by atoms with Crippen LogP contribution in [0.2, 0.25) is 0 Å². The van der Waals surface area contributed by atoms with Gasteiger partial charge in [-0.3, -0.25) is 15.0 Å². The molecule has 0 aliphatic carbocycles. The molecule has 0 spiro atoms. The van der Waals surface area contributed by atoms with Gasteiger partial charge in [-0.15, -0.1) is 0 Å². The second kappa shape index (κ2) is 5.99. The number of piperazine rings is 1. The van der Waals surface area contributed by atoms with Crippen LogP contribution in [-0.2, 0) is 6.54 Å². The van der Waals surface area contributed by atoms with Gasteiger partial charge in [-0.05, 0) is 18.2 Å². The van der Waals surface area contributed by atoms with Crippen LogP contribution < -0.4 is 5.73 Å². The van der Waals surface area contributed by atoms with Crippen molar-refractivity contribution in [3.8, 4) is 0 Å². The highest BCUT2D eigenvalue weighted by Gasteiger charge is 2.17. The molecule has 0 bridgehead atoms. The summed E-state index contributed by atoms with van der Waals surface area (Å²) in [6, 6.07) is 4.66. The molecule has 6 heteroatoms. The minimum atomic E-state index is -0.377. The van der Waals surface area contributed by atoms with Crippen molar-refractivity contribution in [1.29, 1.82) is 0 Å². The van der Waals surface area contributed by atoms with E-state index in [0.29, 0.717) is 12.2 Å². The topological polar surface area (TPSA) is 75.6 Å². The molecule has 1 saturated heterocycles. The number of nitrogen functional groups attached to an aromatic ring is 1. The number of nitro groups is 1. The van der Waals surface area contributed by atoms with E-state index in [0.717, 1.165) is 38.3 Å². The number of hydrogen-bond acceptors (Lipinski definition) is 5. The van der Waals surface area contributed by atoms with E-state index in [9.17, 15) is 10.1 Å². The lowest BCUT2D eigenvalue weighted by Gasteiger charge is -2.34. The molecule has 6 nitrogen and oxygen atoms in total. The molecule has 0 aromatic heterocycles. The first-order valence-electron chi connectivity index (χ1n) is 6.57. The van der Waals surface area contributed by atoms with Crippen molar-refractivity contribution in [2.75, 3.05) is 38.5 Å². The zero-order valence-corrected chi connectivity index (χ0v) is 11.2. The van der Waals surface area contributed by atoms with Gasteiger partial charge in [0.05, 0.1) is 4.92 Å². The van der Waals surface area contributed by atoms with Crippen molar-refractivity contribution >= 4 is 11.4 Å². The summed E-state index contributed by atoms with van der Waals surface area (Å²) in [6.45, 7) is 7.98. The Bertz CT molecular complexity index is 456. The van der Waals surface area contributed by atoms with E-state index in [2.05, 4.69) is 16.7 Å². The highest BCUT2D eigenvalue weighted by atomic mass is 16.6. The molecule has 1 aromatic carbocycles. The number of nitrogens with two attached hydrogens (primary N) is 1. The molecule has 104 valence electrons. The van der Waals surface area contributed by atoms with Gasteiger partial charge in [-0.1, -0.05) is 6.92 Å². The third kappa shape index (κ3) is 3.42. The van der Waals surface area contributed by atoms with Crippen LogP contribution in [0.15, 0.2) is 18.2 Å². The van der Waals surface area contributed by atoms with Gasteiger partial charge >= 0.3 is 0 Å². The van der Waals surface area contributed by atoms with Gasteiger partial charge < -0.3 is 10.6 Å². The minimum Gasteiger partial charge on any atom is -0.398 e. The quantitative estimate of drug-likeness (QED) is 0.504. The number of non-ortho nitro benzene ring substituents is 1. The Labute approximate surface area is 112 Å². The largest absolute Gasteiger partial charge is 0.398 e. The molecule has 0 atom stereocenters. The molecule has 0 radical (unpaired) electrons. The molecule has 2 N–H and O–H groups in total. The molecule has 0 saturated carbocycles. The number of nitro benzene ring substituents is 1. The van der Waals surface area contributed by atoms with E-state index in [1.807, 2.05) is 0 Å². The number of benzene rings is 1. The molecule has 2 rings (SSSR count). The Balaban J connectivity index is 2.03. The molecule has 1 heterocycles. The maximum absolute atomic E-state index is 10.8. The zero-order chi connectivity index (χ0) is 13.8. The van der Waals surface area contributed by atoms with Crippen molar-refractivity contribution in [1.82, 2.24) is 9.80 Å². The van der Waals surface area contributed by atoms with Crippen molar-refractivity contribution in [2.24, 2.45) is 0 Å². The van der Waals surface area contributed by atoms with Gasteiger partial charge in [0.1, 0.15) is 0 Å². The first-order chi connectivity index (χ1) is 9.10. The Morgan fingerprint density at radius 1 is 1.26 bits per heavy atom. The third-order valence-electron chi connectivity index (χ3n) is 3.64. The van der Waals surface area contributed by atoms with Crippen LogP contribution in [0.4, 0.5) is 11.4 Å². The van der Waals surface area contributed by atoms with Gasteiger partial charge in [-0.2, -0.15) is 0 Å². The molecule has 19 heavy (non-hydrogen) atoms. The van der Waals surface area contributed by atoms with Gasteiger partial charge in [0.15, 0.2) is 0 Å². The van der Waals surface area contributed by atoms with Crippen molar-refractivity contribution in [3.63, 3.8) is 0 Å². The van der Waals surface area contributed by atoms with Gasteiger partial charge in [0.25, 0.3) is 5.69 Å². The lowest BCUT2D eigenvalue weighted by molar-refractivity contribution is -0.384. The number of anilines is 1. The van der Waals surface area contributed by atoms with Crippen LogP contribution in [0.25, 0.3) is 0 Å². The fourth-order valence-electron chi connectivity index (χ4n) is 2.35. The predicted molar refractivity (Wildman–Crippen MR) is 74.9 cm³/mol. The van der Waals surface area contributed by atoms with E-state index >= 15 is 0 Å². The van der Waals surface area contributed by atoms with E-state index in [1.165, 1.54) is 6.07 Å². The van der Waals surface area contributed by atoms with Crippen LogP contribution >= 0.6 is 0 Å². The molecule has 0 unspecified atom stereocenters. The lowest BCUT2D eigenvalue weighted by Crippen LogP contribution is -2.45. The van der Waals surface area contributed by atoms with Crippen LogP contribution in [0, 0.1) is 10.1 Å². The van der Waals surface area contributed by atoms with Gasteiger partial charge in [0.2, 0.25) is 0 Å².